The maximum absolute atomic E-state index is 11.5. The number of hydrogen-bond acceptors (Lipinski definition) is 4. The average Bonchev–Trinajstić information content (AvgIpc) is 3.55. The van der Waals surface area contributed by atoms with Gasteiger partial charge in [-0.15, -0.1) is 0 Å². The molecule has 2 aromatic carbocycles. The predicted octanol–water partition coefficient (Wildman–Crippen LogP) is 4.92. The highest BCUT2D eigenvalue weighted by molar-refractivity contribution is 5.93. The number of pyridine rings is 1. The summed E-state index contributed by atoms with van der Waals surface area (Å²) in [5.74, 6) is -0.226. The standard InChI is InChI=1S/C25H25N3O2/c1-28-15-18-12-17(20-5-3-2-4-19(20)16-6-7-16)8-9-21(18)24(28)14-27-23-13-26-11-10-22(23)25(29)30/h2-5,8-13,16,24,27H,6-7,14-15H2,1H3,(H,29,30)/t24-/m0/s1. The van der Waals surface area contributed by atoms with Crippen LogP contribution in [0.3, 0.4) is 0 Å². The molecule has 1 aliphatic heterocycles. The largest absolute Gasteiger partial charge is 0.478 e. The van der Waals surface area contributed by atoms with Crippen LogP contribution in [-0.4, -0.2) is 34.6 Å². The monoisotopic (exact) mass is 399 g/mol. The van der Waals surface area contributed by atoms with Gasteiger partial charge in [0.15, 0.2) is 0 Å². The van der Waals surface area contributed by atoms with Gasteiger partial charge in [-0.3, -0.25) is 9.88 Å². The lowest BCUT2D eigenvalue weighted by Gasteiger charge is -2.22. The van der Waals surface area contributed by atoms with E-state index >= 15 is 0 Å². The summed E-state index contributed by atoms with van der Waals surface area (Å²) in [7, 11) is 2.12. The second-order valence-electron chi connectivity index (χ2n) is 8.31. The third-order valence-electron chi connectivity index (χ3n) is 6.28. The van der Waals surface area contributed by atoms with Crippen LogP contribution < -0.4 is 5.32 Å². The third-order valence-corrected chi connectivity index (χ3v) is 6.28. The molecular formula is C25H25N3O2. The molecule has 30 heavy (non-hydrogen) atoms. The summed E-state index contributed by atoms with van der Waals surface area (Å²) in [5, 5.41) is 12.7. The van der Waals surface area contributed by atoms with Crippen LogP contribution in [0.15, 0.2) is 60.9 Å². The van der Waals surface area contributed by atoms with Crippen molar-refractivity contribution in [2.75, 3.05) is 18.9 Å². The van der Waals surface area contributed by atoms with Gasteiger partial charge in [-0.25, -0.2) is 4.79 Å². The number of aromatic nitrogens is 1. The highest BCUT2D eigenvalue weighted by Crippen LogP contribution is 2.45. The second kappa shape index (κ2) is 7.58. The molecule has 1 fully saturated rings. The Morgan fingerprint density at radius 1 is 1.17 bits per heavy atom. The first-order valence-electron chi connectivity index (χ1n) is 10.5. The number of likely N-dealkylation sites (N-methyl/N-ethyl adjacent to an activating group) is 1. The first kappa shape index (κ1) is 18.8. The van der Waals surface area contributed by atoms with Gasteiger partial charge < -0.3 is 10.4 Å². The molecule has 2 heterocycles. The average molecular weight is 399 g/mol. The number of nitrogens with zero attached hydrogens (tertiary/aromatic N) is 2. The van der Waals surface area contributed by atoms with Crippen molar-refractivity contribution in [3.8, 4) is 11.1 Å². The van der Waals surface area contributed by atoms with Crippen molar-refractivity contribution in [3.63, 3.8) is 0 Å². The number of hydrogen-bond donors (Lipinski definition) is 2. The maximum atomic E-state index is 11.5. The van der Waals surface area contributed by atoms with Gasteiger partial charge in [-0.1, -0.05) is 36.4 Å². The number of carboxylic acid groups (broad SMARTS) is 1. The maximum Gasteiger partial charge on any atom is 0.337 e. The fourth-order valence-electron chi connectivity index (χ4n) is 4.56. The molecule has 0 radical (unpaired) electrons. The van der Waals surface area contributed by atoms with Crippen LogP contribution in [0.5, 0.6) is 0 Å². The molecule has 0 unspecified atom stereocenters. The molecule has 0 saturated heterocycles. The van der Waals surface area contributed by atoms with Crippen LogP contribution >= 0.6 is 0 Å². The van der Waals surface area contributed by atoms with E-state index in [-0.39, 0.29) is 11.6 Å². The topological polar surface area (TPSA) is 65.5 Å². The minimum absolute atomic E-state index is 0.189. The lowest BCUT2D eigenvalue weighted by atomic mass is 9.93. The van der Waals surface area contributed by atoms with Gasteiger partial charge in [0.2, 0.25) is 0 Å². The van der Waals surface area contributed by atoms with Crippen molar-refractivity contribution < 1.29 is 9.90 Å². The summed E-state index contributed by atoms with van der Waals surface area (Å²) in [5.41, 5.74) is 7.57. The van der Waals surface area contributed by atoms with Crippen LogP contribution in [0, 0.1) is 0 Å². The quantitative estimate of drug-likeness (QED) is 0.616. The molecule has 5 heteroatoms. The van der Waals surface area contributed by atoms with Gasteiger partial charge in [0, 0.05) is 19.3 Å². The highest BCUT2D eigenvalue weighted by Gasteiger charge is 2.29. The number of aromatic carboxylic acids is 1. The molecule has 1 saturated carbocycles. The minimum Gasteiger partial charge on any atom is -0.478 e. The van der Waals surface area contributed by atoms with Crippen LogP contribution in [-0.2, 0) is 6.54 Å². The number of benzene rings is 2. The number of rotatable bonds is 6. The van der Waals surface area contributed by atoms with E-state index in [9.17, 15) is 9.90 Å². The molecule has 2 aliphatic rings. The summed E-state index contributed by atoms with van der Waals surface area (Å²) < 4.78 is 0. The summed E-state index contributed by atoms with van der Waals surface area (Å²) in [4.78, 5) is 17.8. The van der Waals surface area contributed by atoms with Crippen molar-refractivity contribution in [1.29, 1.82) is 0 Å². The first-order chi connectivity index (χ1) is 14.6. The fraction of sp³-hybridized carbons (Fsp3) is 0.280. The van der Waals surface area contributed by atoms with Gasteiger partial charge in [0.25, 0.3) is 0 Å². The second-order valence-corrected chi connectivity index (χ2v) is 8.31. The van der Waals surface area contributed by atoms with E-state index < -0.39 is 5.97 Å². The fourth-order valence-corrected chi connectivity index (χ4v) is 4.56. The summed E-state index contributed by atoms with van der Waals surface area (Å²) in [6, 6.07) is 17.3. The lowest BCUT2D eigenvalue weighted by molar-refractivity contribution is 0.0697. The predicted molar refractivity (Wildman–Crippen MR) is 118 cm³/mol. The van der Waals surface area contributed by atoms with Crippen LogP contribution in [0.1, 0.15) is 51.8 Å². The zero-order chi connectivity index (χ0) is 20.7. The number of carboxylic acids is 1. The summed E-state index contributed by atoms with van der Waals surface area (Å²) in [6.45, 7) is 1.52. The Morgan fingerprint density at radius 2 is 2.00 bits per heavy atom. The van der Waals surface area contributed by atoms with Crippen molar-refractivity contribution in [1.82, 2.24) is 9.88 Å². The van der Waals surface area contributed by atoms with Crippen molar-refractivity contribution in [3.05, 3.63) is 83.2 Å². The molecule has 0 bridgehead atoms. The van der Waals surface area contributed by atoms with Crippen molar-refractivity contribution in [2.45, 2.75) is 31.3 Å². The molecule has 5 rings (SSSR count). The molecule has 1 atom stereocenters. The number of anilines is 1. The first-order valence-corrected chi connectivity index (χ1v) is 10.5. The van der Waals surface area contributed by atoms with Crippen molar-refractivity contribution in [2.24, 2.45) is 0 Å². The van der Waals surface area contributed by atoms with Gasteiger partial charge in [0.05, 0.1) is 23.5 Å². The van der Waals surface area contributed by atoms with E-state index in [0.717, 1.165) is 12.5 Å². The van der Waals surface area contributed by atoms with Gasteiger partial charge in [0.1, 0.15) is 0 Å². The Kier molecular flexibility index (Phi) is 4.75. The summed E-state index contributed by atoms with van der Waals surface area (Å²) >= 11 is 0. The Bertz CT molecular complexity index is 1110. The molecule has 5 nitrogen and oxygen atoms in total. The zero-order valence-corrected chi connectivity index (χ0v) is 17.0. The van der Waals surface area contributed by atoms with E-state index in [1.165, 1.54) is 52.9 Å². The summed E-state index contributed by atoms with van der Waals surface area (Å²) in [6.07, 6.45) is 5.68. The molecule has 2 N–H and O–H groups in total. The van der Waals surface area contributed by atoms with E-state index in [1.807, 2.05) is 0 Å². The molecule has 3 aromatic rings. The van der Waals surface area contributed by atoms with Crippen LogP contribution in [0.25, 0.3) is 11.1 Å². The number of carbonyl (C=O) groups is 1. The van der Waals surface area contributed by atoms with E-state index in [4.69, 9.17) is 0 Å². The molecule has 152 valence electrons. The minimum atomic E-state index is -0.945. The van der Waals surface area contributed by atoms with Gasteiger partial charge in [-0.2, -0.15) is 0 Å². The Balaban J connectivity index is 1.40. The Hall–Kier alpha value is -3.18. The highest BCUT2D eigenvalue weighted by atomic mass is 16.4. The smallest absolute Gasteiger partial charge is 0.337 e. The Morgan fingerprint density at radius 3 is 2.80 bits per heavy atom. The molecule has 0 amide bonds. The van der Waals surface area contributed by atoms with E-state index in [2.05, 4.69) is 64.7 Å². The van der Waals surface area contributed by atoms with Gasteiger partial charge >= 0.3 is 5.97 Å². The third kappa shape index (κ3) is 3.46. The van der Waals surface area contributed by atoms with Gasteiger partial charge in [-0.05, 0) is 65.8 Å². The Labute approximate surface area is 176 Å². The lowest BCUT2D eigenvalue weighted by Crippen LogP contribution is -2.24. The molecule has 0 spiro atoms. The molecular weight excluding hydrogens is 374 g/mol. The molecule has 1 aromatic heterocycles. The number of nitrogens with one attached hydrogen (secondary N) is 1. The van der Waals surface area contributed by atoms with Crippen molar-refractivity contribution >= 4 is 11.7 Å². The molecule has 1 aliphatic carbocycles. The zero-order valence-electron chi connectivity index (χ0n) is 17.0. The SMILES string of the molecule is CN1Cc2cc(-c3ccccc3C3CC3)ccc2[C@@H]1CNc1cnccc1C(=O)O. The normalized spacial score (nSPS) is 18.2. The van der Waals surface area contributed by atoms with Crippen LogP contribution in [0.4, 0.5) is 5.69 Å². The van der Waals surface area contributed by atoms with E-state index in [1.54, 1.807) is 6.20 Å². The van der Waals surface area contributed by atoms with Crippen LogP contribution in [0.2, 0.25) is 0 Å². The van der Waals surface area contributed by atoms with E-state index in [0.29, 0.717) is 12.2 Å². The number of fused-ring (bicyclic) bond motifs is 1.